The van der Waals surface area contributed by atoms with Gasteiger partial charge in [-0.3, -0.25) is 9.48 Å². The molecule has 29 heavy (non-hydrogen) atoms. The number of benzene rings is 1. The van der Waals surface area contributed by atoms with Gasteiger partial charge in [0.2, 0.25) is 0 Å². The third kappa shape index (κ3) is 3.71. The summed E-state index contributed by atoms with van der Waals surface area (Å²) in [4.78, 5) is 20.3. The van der Waals surface area contributed by atoms with Gasteiger partial charge in [-0.15, -0.1) is 0 Å². The van der Waals surface area contributed by atoms with Gasteiger partial charge in [0.15, 0.2) is 5.65 Å². The molecule has 6 heteroatoms. The second-order valence-corrected chi connectivity index (χ2v) is 8.28. The highest BCUT2D eigenvalue weighted by atomic mass is 16.1. The van der Waals surface area contributed by atoms with Crippen molar-refractivity contribution < 1.29 is 4.79 Å². The minimum atomic E-state index is -0.102. The molecule has 3 heterocycles. The van der Waals surface area contributed by atoms with Gasteiger partial charge in [0, 0.05) is 43.1 Å². The molecule has 2 aromatic heterocycles. The fourth-order valence-corrected chi connectivity index (χ4v) is 4.19. The second kappa shape index (κ2) is 7.50. The van der Waals surface area contributed by atoms with E-state index in [0.717, 1.165) is 48.3 Å². The summed E-state index contributed by atoms with van der Waals surface area (Å²) in [5, 5.41) is 8.17. The number of anilines is 2. The number of aryl methyl sites for hydroxylation is 1. The molecule has 0 radical (unpaired) electrons. The zero-order valence-electron chi connectivity index (χ0n) is 16.9. The Kier molecular flexibility index (Phi) is 4.70. The molecule has 1 aliphatic heterocycles. The van der Waals surface area contributed by atoms with Crippen molar-refractivity contribution in [2.75, 3.05) is 23.3 Å². The minimum Gasteiger partial charge on any atom is -0.372 e. The van der Waals surface area contributed by atoms with Crippen molar-refractivity contribution >= 4 is 28.3 Å². The molecule has 2 fully saturated rings. The van der Waals surface area contributed by atoms with E-state index in [1.54, 1.807) is 10.9 Å². The predicted octanol–water partition coefficient (Wildman–Crippen LogP) is 4.48. The molecule has 1 amide bonds. The third-order valence-electron chi connectivity index (χ3n) is 6.06. The number of carbonyl (C=O) groups is 1. The lowest BCUT2D eigenvalue weighted by Crippen LogP contribution is -2.23. The van der Waals surface area contributed by atoms with Gasteiger partial charge in [-0.1, -0.05) is 12.8 Å². The van der Waals surface area contributed by atoms with Crippen LogP contribution >= 0.6 is 0 Å². The van der Waals surface area contributed by atoms with Gasteiger partial charge in [0.05, 0.1) is 17.1 Å². The Morgan fingerprint density at radius 3 is 2.48 bits per heavy atom. The van der Waals surface area contributed by atoms with Crippen molar-refractivity contribution in [2.45, 2.75) is 44.4 Å². The Morgan fingerprint density at radius 1 is 1.07 bits per heavy atom. The Bertz CT molecular complexity index is 1030. The lowest BCUT2D eigenvalue weighted by molar-refractivity contribution is 0.102. The van der Waals surface area contributed by atoms with E-state index in [1.807, 2.05) is 25.2 Å². The topological polar surface area (TPSA) is 63.1 Å². The number of hydrogen-bond donors (Lipinski definition) is 1. The highest BCUT2D eigenvalue weighted by molar-refractivity contribution is 6.12. The molecule has 0 spiro atoms. The first kappa shape index (κ1) is 18.2. The monoisotopic (exact) mass is 389 g/mol. The smallest absolute Gasteiger partial charge is 0.256 e. The first-order chi connectivity index (χ1) is 14.2. The van der Waals surface area contributed by atoms with Crippen LogP contribution in [0.4, 0.5) is 11.4 Å². The van der Waals surface area contributed by atoms with Gasteiger partial charge in [-0.25, -0.2) is 4.98 Å². The molecule has 1 N–H and O–H groups in total. The van der Waals surface area contributed by atoms with Crippen LogP contribution in [0.25, 0.3) is 11.0 Å². The van der Waals surface area contributed by atoms with E-state index in [9.17, 15) is 4.79 Å². The Morgan fingerprint density at radius 2 is 1.79 bits per heavy atom. The zero-order valence-corrected chi connectivity index (χ0v) is 16.9. The fraction of sp³-hybridized carbons (Fsp3) is 0.435. The van der Waals surface area contributed by atoms with Gasteiger partial charge in [-0.2, -0.15) is 5.10 Å². The SMILES string of the molecule is Cn1ncc2c(C(=O)Nc3ccc(N4CCCCCC4)cc3)cc(C3CC3)nc21. The third-order valence-corrected chi connectivity index (χ3v) is 6.06. The number of rotatable bonds is 4. The minimum absolute atomic E-state index is 0.102. The van der Waals surface area contributed by atoms with Crippen molar-refractivity contribution in [3.8, 4) is 0 Å². The molecule has 0 bridgehead atoms. The summed E-state index contributed by atoms with van der Waals surface area (Å²) in [5.74, 6) is 0.378. The van der Waals surface area contributed by atoms with Crippen molar-refractivity contribution in [3.63, 3.8) is 0 Å². The highest BCUT2D eigenvalue weighted by Crippen LogP contribution is 2.40. The molecular formula is C23H27N5O. The molecule has 1 saturated heterocycles. The van der Waals surface area contributed by atoms with E-state index in [-0.39, 0.29) is 5.91 Å². The van der Waals surface area contributed by atoms with Crippen molar-refractivity contribution in [2.24, 2.45) is 7.05 Å². The largest absolute Gasteiger partial charge is 0.372 e. The number of hydrogen-bond acceptors (Lipinski definition) is 4. The molecule has 1 aliphatic carbocycles. The molecule has 1 aromatic carbocycles. The van der Waals surface area contributed by atoms with Gasteiger partial charge in [0.25, 0.3) is 5.91 Å². The van der Waals surface area contributed by atoms with Crippen molar-refractivity contribution in [1.82, 2.24) is 14.8 Å². The number of fused-ring (bicyclic) bond motifs is 1. The highest BCUT2D eigenvalue weighted by Gasteiger charge is 2.27. The van der Waals surface area contributed by atoms with Crippen LogP contribution in [0.1, 0.15) is 60.5 Å². The molecule has 1 saturated carbocycles. The van der Waals surface area contributed by atoms with E-state index in [4.69, 9.17) is 4.98 Å². The standard InChI is InChI=1S/C23H27N5O/c1-27-22-20(15-24-27)19(14-21(26-22)16-6-7-16)23(29)25-17-8-10-18(11-9-17)28-12-4-2-3-5-13-28/h8-11,14-16H,2-7,12-13H2,1H3,(H,25,29). The van der Waals surface area contributed by atoms with E-state index >= 15 is 0 Å². The second-order valence-electron chi connectivity index (χ2n) is 8.28. The number of carbonyl (C=O) groups excluding carboxylic acids is 1. The van der Waals surface area contributed by atoms with E-state index in [0.29, 0.717) is 11.5 Å². The Balaban J connectivity index is 1.37. The maximum absolute atomic E-state index is 13.1. The summed E-state index contributed by atoms with van der Waals surface area (Å²) in [6.45, 7) is 2.23. The average molecular weight is 390 g/mol. The molecule has 0 atom stereocenters. The average Bonchev–Trinajstić information content (AvgIpc) is 3.55. The van der Waals surface area contributed by atoms with Gasteiger partial charge in [-0.05, 0) is 56.0 Å². The number of pyridine rings is 1. The number of aromatic nitrogens is 3. The zero-order chi connectivity index (χ0) is 19.8. The van der Waals surface area contributed by atoms with Gasteiger partial charge < -0.3 is 10.2 Å². The molecule has 2 aliphatic rings. The number of nitrogens with one attached hydrogen (secondary N) is 1. The molecule has 6 nitrogen and oxygen atoms in total. The van der Waals surface area contributed by atoms with Crippen LogP contribution in [-0.2, 0) is 7.05 Å². The lowest BCUT2D eigenvalue weighted by Gasteiger charge is -2.22. The van der Waals surface area contributed by atoms with E-state index in [2.05, 4.69) is 27.4 Å². The summed E-state index contributed by atoms with van der Waals surface area (Å²) in [6, 6.07) is 10.2. The lowest BCUT2D eigenvalue weighted by atomic mass is 10.1. The summed E-state index contributed by atoms with van der Waals surface area (Å²) in [7, 11) is 1.87. The molecule has 0 unspecified atom stereocenters. The first-order valence-electron chi connectivity index (χ1n) is 10.7. The van der Waals surface area contributed by atoms with Crippen LogP contribution in [0.5, 0.6) is 0 Å². The quantitative estimate of drug-likeness (QED) is 0.715. The molecule has 5 rings (SSSR count). The maximum Gasteiger partial charge on any atom is 0.256 e. The maximum atomic E-state index is 13.1. The molecular weight excluding hydrogens is 362 g/mol. The number of nitrogens with zero attached hydrogens (tertiary/aromatic N) is 4. The summed E-state index contributed by atoms with van der Waals surface area (Å²) in [6.07, 6.45) is 9.18. The van der Waals surface area contributed by atoms with E-state index in [1.165, 1.54) is 31.4 Å². The van der Waals surface area contributed by atoms with Crippen molar-refractivity contribution in [3.05, 3.63) is 47.8 Å². The van der Waals surface area contributed by atoms with Crippen LogP contribution in [-0.4, -0.2) is 33.8 Å². The van der Waals surface area contributed by atoms with Crippen LogP contribution in [0.2, 0.25) is 0 Å². The van der Waals surface area contributed by atoms with Crippen LogP contribution in [0.15, 0.2) is 36.5 Å². The summed E-state index contributed by atoms with van der Waals surface area (Å²) < 4.78 is 1.74. The summed E-state index contributed by atoms with van der Waals surface area (Å²) in [5.41, 5.74) is 4.48. The number of amides is 1. The Hall–Kier alpha value is -2.89. The van der Waals surface area contributed by atoms with Crippen LogP contribution in [0, 0.1) is 0 Å². The van der Waals surface area contributed by atoms with Crippen LogP contribution < -0.4 is 10.2 Å². The van der Waals surface area contributed by atoms with E-state index < -0.39 is 0 Å². The molecule has 3 aromatic rings. The van der Waals surface area contributed by atoms with Crippen LogP contribution in [0.3, 0.4) is 0 Å². The van der Waals surface area contributed by atoms with Gasteiger partial charge >= 0.3 is 0 Å². The fourth-order valence-electron chi connectivity index (χ4n) is 4.19. The Labute approximate surface area is 170 Å². The normalized spacial score (nSPS) is 17.3. The van der Waals surface area contributed by atoms with Gasteiger partial charge in [0.1, 0.15) is 0 Å². The first-order valence-corrected chi connectivity index (χ1v) is 10.7. The summed E-state index contributed by atoms with van der Waals surface area (Å²) >= 11 is 0. The predicted molar refractivity (Wildman–Crippen MR) is 116 cm³/mol. The molecule has 150 valence electrons. The van der Waals surface area contributed by atoms with Crippen molar-refractivity contribution in [1.29, 1.82) is 0 Å².